The predicted molar refractivity (Wildman–Crippen MR) is 142 cm³/mol. The van der Waals surface area contributed by atoms with E-state index in [1.807, 2.05) is 38.4 Å². The average Bonchev–Trinajstić information content (AvgIpc) is 3.52. The highest BCUT2D eigenvalue weighted by Gasteiger charge is 2.16. The summed E-state index contributed by atoms with van der Waals surface area (Å²) in [6.07, 6.45) is 8.48. The summed E-state index contributed by atoms with van der Waals surface area (Å²) in [5, 5.41) is 12.6. The second kappa shape index (κ2) is 9.40. The molecule has 0 fully saturated rings. The zero-order chi connectivity index (χ0) is 25.4. The van der Waals surface area contributed by atoms with Crippen LogP contribution in [0.4, 0.5) is 10.1 Å². The topological polar surface area (TPSA) is 111 Å². The molecular formula is C27H24FN9. The molecule has 0 aliphatic heterocycles. The van der Waals surface area contributed by atoms with Crippen LogP contribution in [0.2, 0.25) is 0 Å². The van der Waals surface area contributed by atoms with Crippen LogP contribution in [0.15, 0.2) is 67.5 Å². The number of aromatic amines is 2. The third kappa shape index (κ3) is 4.50. The Morgan fingerprint density at radius 3 is 2.59 bits per heavy atom. The molecule has 0 radical (unpaired) electrons. The van der Waals surface area contributed by atoms with Gasteiger partial charge in [0, 0.05) is 65.5 Å². The van der Waals surface area contributed by atoms with Crippen molar-refractivity contribution >= 4 is 27.8 Å². The molecule has 0 spiro atoms. The summed E-state index contributed by atoms with van der Waals surface area (Å²) in [5.41, 5.74) is 7.00. The minimum atomic E-state index is -0.299. The fourth-order valence-electron chi connectivity index (χ4n) is 4.39. The van der Waals surface area contributed by atoms with Crippen molar-refractivity contribution in [1.82, 2.24) is 40.0 Å². The third-order valence-electron chi connectivity index (χ3n) is 6.19. The molecule has 5 heterocycles. The van der Waals surface area contributed by atoms with E-state index in [0.717, 1.165) is 56.6 Å². The number of fused-ring (bicyclic) bond motifs is 2. The number of nitrogens with one attached hydrogen (secondary N) is 3. The van der Waals surface area contributed by atoms with Crippen molar-refractivity contribution in [3.8, 4) is 33.6 Å². The first kappa shape index (κ1) is 22.7. The number of halogens is 1. The highest BCUT2D eigenvalue weighted by atomic mass is 19.1. The highest BCUT2D eigenvalue weighted by molar-refractivity contribution is 6.00. The van der Waals surface area contributed by atoms with E-state index in [1.165, 1.54) is 12.4 Å². The smallest absolute Gasteiger partial charge is 0.155 e. The maximum absolute atomic E-state index is 14.6. The average molecular weight is 494 g/mol. The first-order valence-electron chi connectivity index (χ1n) is 11.8. The normalized spacial score (nSPS) is 11.6. The molecule has 0 aliphatic rings. The minimum absolute atomic E-state index is 0.299. The molecule has 5 aromatic heterocycles. The van der Waals surface area contributed by atoms with Crippen LogP contribution in [0, 0.1) is 5.82 Å². The molecule has 6 aromatic rings. The van der Waals surface area contributed by atoms with Gasteiger partial charge in [0.15, 0.2) is 5.65 Å². The van der Waals surface area contributed by atoms with Gasteiger partial charge in [-0.25, -0.2) is 24.3 Å². The largest absolute Gasteiger partial charge is 0.384 e. The molecule has 10 heteroatoms. The molecule has 0 atom stereocenters. The Morgan fingerprint density at radius 2 is 1.76 bits per heavy atom. The van der Waals surface area contributed by atoms with Crippen molar-refractivity contribution in [2.45, 2.75) is 0 Å². The van der Waals surface area contributed by atoms with Gasteiger partial charge >= 0.3 is 0 Å². The number of benzene rings is 1. The third-order valence-corrected chi connectivity index (χ3v) is 6.19. The summed E-state index contributed by atoms with van der Waals surface area (Å²) >= 11 is 0. The van der Waals surface area contributed by atoms with E-state index in [1.54, 1.807) is 30.9 Å². The Kier molecular flexibility index (Phi) is 5.78. The lowest BCUT2D eigenvalue weighted by molar-refractivity contribution is 0.425. The quantitative estimate of drug-likeness (QED) is 0.295. The van der Waals surface area contributed by atoms with Gasteiger partial charge < -0.3 is 15.2 Å². The molecule has 0 bridgehead atoms. The fraction of sp³-hybridized carbons (Fsp3) is 0.148. The van der Waals surface area contributed by atoms with E-state index < -0.39 is 0 Å². The number of hydrogen-bond acceptors (Lipinski definition) is 7. The van der Waals surface area contributed by atoms with Crippen LogP contribution in [-0.2, 0) is 0 Å². The maximum Gasteiger partial charge on any atom is 0.155 e. The van der Waals surface area contributed by atoms with Gasteiger partial charge in [-0.05, 0) is 61.6 Å². The van der Waals surface area contributed by atoms with Crippen LogP contribution >= 0.6 is 0 Å². The summed E-state index contributed by atoms with van der Waals surface area (Å²) in [4.78, 5) is 22.7. The second-order valence-electron chi connectivity index (χ2n) is 9.08. The van der Waals surface area contributed by atoms with Crippen LogP contribution in [0.1, 0.15) is 0 Å². The van der Waals surface area contributed by atoms with Crippen LogP contribution in [0.5, 0.6) is 0 Å². The molecule has 3 N–H and O–H groups in total. The molecule has 9 nitrogen and oxygen atoms in total. The van der Waals surface area contributed by atoms with Crippen LogP contribution in [-0.4, -0.2) is 67.2 Å². The van der Waals surface area contributed by atoms with Crippen molar-refractivity contribution < 1.29 is 4.39 Å². The number of anilines is 1. The molecule has 0 aliphatic carbocycles. The standard InChI is InChI=1S/C27H24FN9/c1-37(2)6-5-31-20-8-16(7-19(28)10-20)21-3-4-32-26-22(21)11-24(34-26)25-23-9-17(14-33-27(23)36-35-25)18-12-29-15-30-13-18/h3-4,7-15,31H,5-6H2,1-2H3,(H,32,34)(H,33,35,36). The summed E-state index contributed by atoms with van der Waals surface area (Å²) < 4.78 is 14.6. The van der Waals surface area contributed by atoms with Gasteiger partial charge in [0.05, 0.1) is 5.69 Å². The lowest BCUT2D eigenvalue weighted by Gasteiger charge is -2.13. The monoisotopic (exact) mass is 493 g/mol. The van der Waals surface area contributed by atoms with Crippen molar-refractivity contribution in [2.75, 3.05) is 32.5 Å². The van der Waals surface area contributed by atoms with Gasteiger partial charge in [0.25, 0.3) is 0 Å². The molecule has 184 valence electrons. The first-order chi connectivity index (χ1) is 18.0. The molecule has 0 saturated heterocycles. The van der Waals surface area contributed by atoms with Crippen LogP contribution in [0.3, 0.4) is 0 Å². The van der Waals surface area contributed by atoms with Gasteiger partial charge in [-0.2, -0.15) is 5.10 Å². The second-order valence-corrected chi connectivity index (χ2v) is 9.08. The van der Waals surface area contributed by atoms with Crippen LogP contribution in [0.25, 0.3) is 55.7 Å². The maximum atomic E-state index is 14.6. The van der Waals surface area contributed by atoms with E-state index in [4.69, 9.17) is 0 Å². The molecule has 6 rings (SSSR count). The van der Waals surface area contributed by atoms with Crippen molar-refractivity contribution in [3.63, 3.8) is 0 Å². The number of likely N-dealkylation sites (N-methyl/N-ethyl adjacent to an activating group) is 1. The molecule has 0 unspecified atom stereocenters. The lowest BCUT2D eigenvalue weighted by Crippen LogP contribution is -2.20. The highest BCUT2D eigenvalue weighted by Crippen LogP contribution is 2.35. The molecular weight excluding hydrogens is 469 g/mol. The van der Waals surface area contributed by atoms with Gasteiger partial charge in [-0.15, -0.1) is 0 Å². The zero-order valence-electron chi connectivity index (χ0n) is 20.3. The summed E-state index contributed by atoms with van der Waals surface area (Å²) in [6, 6.07) is 10.9. The Bertz CT molecular complexity index is 1710. The van der Waals surface area contributed by atoms with Crippen molar-refractivity contribution in [3.05, 3.63) is 73.3 Å². The van der Waals surface area contributed by atoms with E-state index in [-0.39, 0.29) is 5.82 Å². The SMILES string of the molecule is CN(C)CCNc1cc(F)cc(-c2ccnc3[nH]c(-c4n[nH]c5ncc(-c6cncnc6)cc45)cc23)c1. The molecule has 0 saturated carbocycles. The van der Waals surface area contributed by atoms with E-state index >= 15 is 0 Å². The fourth-order valence-corrected chi connectivity index (χ4v) is 4.39. The molecule has 1 aromatic carbocycles. The lowest BCUT2D eigenvalue weighted by atomic mass is 10.0. The number of hydrogen-bond donors (Lipinski definition) is 3. The number of nitrogens with zero attached hydrogens (tertiary/aromatic N) is 6. The van der Waals surface area contributed by atoms with Crippen LogP contribution < -0.4 is 5.32 Å². The Balaban J connectivity index is 1.41. The summed E-state index contributed by atoms with van der Waals surface area (Å²) in [6.45, 7) is 1.56. The van der Waals surface area contributed by atoms with E-state index in [0.29, 0.717) is 17.8 Å². The Hall–Kier alpha value is -4.70. The molecule has 37 heavy (non-hydrogen) atoms. The number of rotatable bonds is 7. The first-order valence-corrected chi connectivity index (χ1v) is 11.8. The van der Waals surface area contributed by atoms with Gasteiger partial charge in [-0.3, -0.25) is 5.10 Å². The molecule has 0 amide bonds. The Morgan fingerprint density at radius 1 is 0.892 bits per heavy atom. The number of pyridine rings is 2. The summed E-state index contributed by atoms with van der Waals surface area (Å²) in [5.74, 6) is -0.299. The summed E-state index contributed by atoms with van der Waals surface area (Å²) in [7, 11) is 4.01. The Labute approximate surface area is 211 Å². The zero-order valence-corrected chi connectivity index (χ0v) is 20.3. The van der Waals surface area contributed by atoms with Gasteiger partial charge in [0.2, 0.25) is 0 Å². The minimum Gasteiger partial charge on any atom is -0.384 e. The number of H-pyrrole nitrogens is 2. The predicted octanol–water partition coefficient (Wildman–Crippen LogP) is 4.74. The van der Waals surface area contributed by atoms with Crippen molar-refractivity contribution in [1.29, 1.82) is 0 Å². The van der Waals surface area contributed by atoms with Gasteiger partial charge in [0.1, 0.15) is 23.5 Å². The van der Waals surface area contributed by atoms with Gasteiger partial charge in [-0.1, -0.05) is 0 Å². The number of aromatic nitrogens is 7. The van der Waals surface area contributed by atoms with Crippen molar-refractivity contribution in [2.24, 2.45) is 0 Å². The van der Waals surface area contributed by atoms with E-state index in [2.05, 4.69) is 45.3 Å². The van der Waals surface area contributed by atoms with E-state index in [9.17, 15) is 4.39 Å².